The number of hydrogen-bond acceptors (Lipinski definition) is 3. The maximum atomic E-state index is 11.0. The number of hydrogen-bond donors (Lipinski definition) is 2. The van der Waals surface area contributed by atoms with E-state index < -0.39 is 5.97 Å². The van der Waals surface area contributed by atoms with Crippen LogP contribution < -0.4 is 5.32 Å². The lowest BCUT2D eigenvalue weighted by Crippen LogP contribution is -2.34. The van der Waals surface area contributed by atoms with Crippen molar-refractivity contribution in [2.24, 2.45) is 5.92 Å². The third-order valence-corrected chi connectivity index (χ3v) is 4.92. The molecule has 5 nitrogen and oxygen atoms in total. The standard InChI is InChI=1S/C19H25N3O2/c1-13-4-3-5-18(10-13)22-12-16(14(2)21-22)11-20-17-8-6-15(7-9-17)19(23)24/h3-5,10,12,15,17,20H,6-9,11H2,1-2H3,(H,23,24). The van der Waals surface area contributed by atoms with Gasteiger partial charge in [0.15, 0.2) is 0 Å². The van der Waals surface area contributed by atoms with E-state index in [9.17, 15) is 4.79 Å². The number of aliphatic carboxylic acids is 1. The van der Waals surface area contributed by atoms with Gasteiger partial charge in [-0.15, -0.1) is 0 Å². The molecule has 1 heterocycles. The monoisotopic (exact) mass is 327 g/mol. The average molecular weight is 327 g/mol. The second-order valence-electron chi connectivity index (χ2n) is 6.79. The van der Waals surface area contributed by atoms with Crippen molar-refractivity contribution < 1.29 is 9.90 Å². The van der Waals surface area contributed by atoms with Gasteiger partial charge in [-0.2, -0.15) is 5.10 Å². The molecule has 1 saturated carbocycles. The highest BCUT2D eigenvalue weighted by Crippen LogP contribution is 2.24. The zero-order chi connectivity index (χ0) is 17.1. The van der Waals surface area contributed by atoms with Gasteiger partial charge in [0.2, 0.25) is 0 Å². The van der Waals surface area contributed by atoms with Crippen LogP contribution in [0.4, 0.5) is 0 Å². The van der Waals surface area contributed by atoms with Gasteiger partial charge in [-0.25, -0.2) is 4.68 Å². The van der Waals surface area contributed by atoms with E-state index in [2.05, 4.69) is 41.7 Å². The summed E-state index contributed by atoms with van der Waals surface area (Å²) in [6.45, 7) is 4.89. The molecule has 5 heteroatoms. The largest absolute Gasteiger partial charge is 0.481 e. The summed E-state index contributed by atoms with van der Waals surface area (Å²) in [5.41, 5.74) is 4.52. The minimum absolute atomic E-state index is 0.158. The van der Waals surface area contributed by atoms with Crippen molar-refractivity contribution in [2.45, 2.75) is 52.1 Å². The molecule has 0 atom stereocenters. The highest BCUT2D eigenvalue weighted by Gasteiger charge is 2.25. The molecule has 2 N–H and O–H groups in total. The molecule has 0 radical (unpaired) electrons. The highest BCUT2D eigenvalue weighted by atomic mass is 16.4. The van der Waals surface area contributed by atoms with Crippen molar-refractivity contribution in [1.82, 2.24) is 15.1 Å². The first-order valence-electron chi connectivity index (χ1n) is 8.61. The van der Waals surface area contributed by atoms with Gasteiger partial charge in [0.25, 0.3) is 0 Å². The number of nitrogens with zero attached hydrogens (tertiary/aromatic N) is 2. The molecule has 0 bridgehead atoms. The summed E-state index contributed by atoms with van der Waals surface area (Å²) in [7, 11) is 0. The molecule has 1 aromatic heterocycles. The molecule has 24 heavy (non-hydrogen) atoms. The second kappa shape index (κ2) is 7.18. The molecule has 0 amide bonds. The Labute approximate surface area is 142 Å². The molecular formula is C19H25N3O2. The number of rotatable bonds is 5. The SMILES string of the molecule is Cc1cccc(-n2cc(CNC3CCC(C(=O)O)CC3)c(C)n2)c1. The maximum absolute atomic E-state index is 11.0. The van der Waals surface area contributed by atoms with E-state index in [1.807, 2.05) is 17.7 Å². The molecule has 0 spiro atoms. The molecule has 3 rings (SSSR count). The maximum Gasteiger partial charge on any atom is 0.306 e. The third-order valence-electron chi connectivity index (χ3n) is 4.92. The number of benzene rings is 1. The van der Waals surface area contributed by atoms with Crippen LogP contribution in [0.2, 0.25) is 0 Å². The van der Waals surface area contributed by atoms with Gasteiger partial charge in [0.05, 0.1) is 17.3 Å². The van der Waals surface area contributed by atoms with Crippen molar-refractivity contribution in [3.8, 4) is 5.69 Å². The average Bonchev–Trinajstić information content (AvgIpc) is 2.94. The third kappa shape index (κ3) is 3.85. The van der Waals surface area contributed by atoms with Crippen molar-refractivity contribution in [1.29, 1.82) is 0 Å². The lowest BCUT2D eigenvalue weighted by atomic mass is 9.86. The second-order valence-corrected chi connectivity index (χ2v) is 6.79. The molecular weight excluding hydrogens is 302 g/mol. The van der Waals surface area contributed by atoms with Crippen molar-refractivity contribution >= 4 is 5.97 Å². The fourth-order valence-electron chi connectivity index (χ4n) is 3.37. The molecule has 1 aliphatic carbocycles. The normalized spacial score (nSPS) is 20.9. The summed E-state index contributed by atoms with van der Waals surface area (Å²) in [6.07, 6.45) is 5.49. The zero-order valence-corrected chi connectivity index (χ0v) is 14.3. The first kappa shape index (κ1) is 16.7. The number of carbonyl (C=O) groups is 1. The van der Waals surface area contributed by atoms with Gasteiger partial charge < -0.3 is 10.4 Å². The minimum atomic E-state index is -0.649. The lowest BCUT2D eigenvalue weighted by molar-refractivity contribution is -0.142. The van der Waals surface area contributed by atoms with Crippen molar-refractivity contribution in [3.63, 3.8) is 0 Å². The molecule has 1 aliphatic rings. The first-order valence-corrected chi connectivity index (χ1v) is 8.61. The summed E-state index contributed by atoms with van der Waals surface area (Å²) in [6, 6.07) is 8.71. The van der Waals surface area contributed by atoms with E-state index >= 15 is 0 Å². The van der Waals surface area contributed by atoms with Crippen LogP contribution in [0.3, 0.4) is 0 Å². The van der Waals surface area contributed by atoms with Crippen LogP contribution in [-0.4, -0.2) is 26.9 Å². The Bertz CT molecular complexity index is 715. The molecule has 0 aliphatic heterocycles. The molecule has 128 valence electrons. The Hall–Kier alpha value is -2.14. The summed E-state index contributed by atoms with van der Waals surface area (Å²) < 4.78 is 1.93. The van der Waals surface area contributed by atoms with E-state index in [0.29, 0.717) is 6.04 Å². The van der Waals surface area contributed by atoms with Crippen LogP contribution >= 0.6 is 0 Å². The number of carboxylic acid groups (broad SMARTS) is 1. The molecule has 1 fully saturated rings. The Morgan fingerprint density at radius 1 is 1.29 bits per heavy atom. The summed E-state index contributed by atoms with van der Waals surface area (Å²) in [4.78, 5) is 11.0. The predicted molar refractivity (Wildman–Crippen MR) is 93.3 cm³/mol. The smallest absolute Gasteiger partial charge is 0.306 e. The lowest BCUT2D eigenvalue weighted by Gasteiger charge is -2.26. The van der Waals surface area contributed by atoms with Gasteiger partial charge in [-0.1, -0.05) is 12.1 Å². The summed E-state index contributed by atoms with van der Waals surface area (Å²) >= 11 is 0. The number of carboxylic acids is 1. The Morgan fingerprint density at radius 3 is 2.71 bits per heavy atom. The van der Waals surface area contributed by atoms with E-state index in [0.717, 1.165) is 43.6 Å². The number of aryl methyl sites for hydroxylation is 2. The molecule has 0 unspecified atom stereocenters. The Morgan fingerprint density at radius 2 is 2.04 bits per heavy atom. The van der Waals surface area contributed by atoms with Gasteiger partial charge in [0.1, 0.15) is 0 Å². The number of aromatic nitrogens is 2. The fraction of sp³-hybridized carbons (Fsp3) is 0.474. The van der Waals surface area contributed by atoms with E-state index in [4.69, 9.17) is 5.11 Å². The molecule has 2 aromatic rings. The van der Waals surface area contributed by atoms with Crippen LogP contribution in [0, 0.1) is 19.8 Å². The van der Waals surface area contributed by atoms with Crippen molar-refractivity contribution in [2.75, 3.05) is 0 Å². The van der Waals surface area contributed by atoms with Gasteiger partial charge >= 0.3 is 5.97 Å². The van der Waals surface area contributed by atoms with Gasteiger partial charge in [0, 0.05) is 24.3 Å². The quantitative estimate of drug-likeness (QED) is 0.885. The first-order chi connectivity index (χ1) is 11.5. The molecule has 0 saturated heterocycles. The minimum Gasteiger partial charge on any atom is -0.481 e. The Kier molecular flexibility index (Phi) is 5.00. The van der Waals surface area contributed by atoms with Crippen LogP contribution in [0.25, 0.3) is 5.69 Å². The van der Waals surface area contributed by atoms with Gasteiger partial charge in [-0.05, 0) is 57.2 Å². The van der Waals surface area contributed by atoms with E-state index in [1.54, 1.807) is 0 Å². The van der Waals surface area contributed by atoms with Crippen LogP contribution in [0.1, 0.15) is 42.5 Å². The van der Waals surface area contributed by atoms with Crippen LogP contribution in [-0.2, 0) is 11.3 Å². The van der Waals surface area contributed by atoms with E-state index in [1.165, 1.54) is 11.1 Å². The zero-order valence-electron chi connectivity index (χ0n) is 14.3. The molecule has 1 aromatic carbocycles. The van der Waals surface area contributed by atoms with Crippen molar-refractivity contribution in [3.05, 3.63) is 47.3 Å². The Balaban J connectivity index is 1.60. The van der Waals surface area contributed by atoms with E-state index in [-0.39, 0.29) is 5.92 Å². The highest BCUT2D eigenvalue weighted by molar-refractivity contribution is 5.70. The van der Waals surface area contributed by atoms with Crippen LogP contribution in [0.15, 0.2) is 30.5 Å². The fourth-order valence-corrected chi connectivity index (χ4v) is 3.37. The topological polar surface area (TPSA) is 67.2 Å². The summed E-state index contributed by atoms with van der Waals surface area (Å²) in [5, 5.41) is 17.3. The van der Waals surface area contributed by atoms with Crippen LogP contribution in [0.5, 0.6) is 0 Å². The van der Waals surface area contributed by atoms with Gasteiger partial charge in [-0.3, -0.25) is 4.79 Å². The number of nitrogens with one attached hydrogen (secondary N) is 1. The summed E-state index contributed by atoms with van der Waals surface area (Å²) in [5.74, 6) is -0.808. The predicted octanol–water partition coefficient (Wildman–Crippen LogP) is 3.22.